The predicted molar refractivity (Wildman–Crippen MR) is 335 cm³/mol. The number of hydrogen-bond acceptors (Lipinski definition) is 6. The molecule has 0 saturated heterocycles. The number of esters is 3. The van der Waals surface area contributed by atoms with Crippen molar-refractivity contribution in [2.45, 2.75) is 374 Å². The second-order valence-electron chi connectivity index (χ2n) is 23.1. The molecule has 0 aromatic rings. The van der Waals surface area contributed by atoms with Crippen LogP contribution in [0.4, 0.5) is 0 Å². The third kappa shape index (κ3) is 64.1. The molecule has 0 amide bonds. The molecule has 0 fully saturated rings. The van der Waals surface area contributed by atoms with Gasteiger partial charge in [0.15, 0.2) is 6.10 Å². The highest BCUT2D eigenvalue weighted by molar-refractivity contribution is 5.71. The van der Waals surface area contributed by atoms with E-state index in [1.54, 1.807) is 0 Å². The molecule has 0 aliphatic rings. The van der Waals surface area contributed by atoms with Crippen LogP contribution < -0.4 is 0 Å². The van der Waals surface area contributed by atoms with Gasteiger partial charge in [0.05, 0.1) is 0 Å². The average Bonchev–Trinajstić information content (AvgIpc) is 3.43. The highest BCUT2D eigenvalue weighted by Gasteiger charge is 2.19. The molecule has 0 aliphatic heterocycles. The van der Waals surface area contributed by atoms with Crippen LogP contribution in [0.5, 0.6) is 0 Å². The van der Waals surface area contributed by atoms with E-state index in [0.29, 0.717) is 19.3 Å². The molecule has 1 atom stereocenters. The van der Waals surface area contributed by atoms with E-state index >= 15 is 0 Å². The fraction of sp³-hybridized carbons (Fsp3) is 0.845. The molecular formula is C71H130O6. The zero-order chi connectivity index (χ0) is 55.7. The molecule has 6 nitrogen and oxygen atoms in total. The summed E-state index contributed by atoms with van der Waals surface area (Å²) in [6.45, 7) is 6.56. The molecule has 1 unspecified atom stereocenters. The van der Waals surface area contributed by atoms with E-state index in [-0.39, 0.29) is 31.1 Å². The van der Waals surface area contributed by atoms with E-state index in [0.717, 1.165) is 83.5 Å². The van der Waals surface area contributed by atoms with Crippen molar-refractivity contribution in [1.82, 2.24) is 0 Å². The fourth-order valence-corrected chi connectivity index (χ4v) is 10.3. The molecule has 0 N–H and O–H groups in total. The Morgan fingerprint density at radius 2 is 0.506 bits per heavy atom. The monoisotopic (exact) mass is 1080 g/mol. The van der Waals surface area contributed by atoms with E-state index in [1.807, 2.05) is 0 Å². The summed E-state index contributed by atoms with van der Waals surface area (Å²) < 4.78 is 16.9. The molecule has 0 aromatic carbocycles. The predicted octanol–water partition coefficient (Wildman–Crippen LogP) is 23.3. The van der Waals surface area contributed by atoms with Gasteiger partial charge in [-0.2, -0.15) is 0 Å². The van der Waals surface area contributed by atoms with Crippen LogP contribution in [0.15, 0.2) is 48.6 Å². The van der Waals surface area contributed by atoms with Crippen molar-refractivity contribution in [3.8, 4) is 0 Å². The van der Waals surface area contributed by atoms with Crippen molar-refractivity contribution in [2.75, 3.05) is 13.2 Å². The number of ether oxygens (including phenoxy) is 3. The number of carbonyl (C=O) groups is 3. The van der Waals surface area contributed by atoms with Crippen LogP contribution in [0.1, 0.15) is 367 Å². The lowest BCUT2D eigenvalue weighted by Gasteiger charge is -2.18. The Bertz CT molecular complexity index is 1330. The lowest BCUT2D eigenvalue weighted by Crippen LogP contribution is -2.30. The van der Waals surface area contributed by atoms with E-state index in [4.69, 9.17) is 14.2 Å². The van der Waals surface area contributed by atoms with Crippen LogP contribution in [0.3, 0.4) is 0 Å². The second kappa shape index (κ2) is 65.9. The van der Waals surface area contributed by atoms with Gasteiger partial charge in [-0.05, 0) is 57.8 Å². The summed E-state index contributed by atoms with van der Waals surface area (Å²) in [5, 5.41) is 0. The second-order valence-corrected chi connectivity index (χ2v) is 23.1. The molecule has 77 heavy (non-hydrogen) atoms. The summed E-state index contributed by atoms with van der Waals surface area (Å²) in [4.78, 5) is 38.2. The highest BCUT2D eigenvalue weighted by atomic mass is 16.6. The normalized spacial score (nSPS) is 12.3. The maximum atomic E-state index is 12.9. The molecule has 0 saturated carbocycles. The molecule has 6 heteroatoms. The largest absolute Gasteiger partial charge is 0.462 e. The quantitative estimate of drug-likeness (QED) is 0.0261. The number of hydrogen-bond donors (Lipinski definition) is 0. The molecule has 0 spiro atoms. The maximum absolute atomic E-state index is 12.9. The Morgan fingerprint density at radius 3 is 0.792 bits per heavy atom. The minimum atomic E-state index is -0.770. The summed E-state index contributed by atoms with van der Waals surface area (Å²) in [5.74, 6) is -0.851. The SMILES string of the molecule is CC/C=C\C/C=C\C/C=C\C/C=C\CCCCCCCCCCCCCCC(=O)OC(COC(=O)CCCCCCCCCC)COC(=O)CCCCCCCCCCCCCCCCCCCCCCCCCCCC. The Morgan fingerprint density at radius 1 is 0.273 bits per heavy atom. The van der Waals surface area contributed by atoms with Gasteiger partial charge in [0, 0.05) is 19.3 Å². The molecule has 0 aliphatic carbocycles. The standard InChI is InChI=1S/C71H130O6/c1-4-7-10-13-16-19-21-23-25-27-29-31-33-35-37-38-40-42-44-46-48-50-52-55-58-61-64-70(73)76-67-68(66-75-69(72)63-60-57-54-18-15-12-9-6-3)77-71(74)65-62-59-56-53-51-49-47-45-43-41-39-36-34-32-30-28-26-24-22-20-17-14-11-8-5-2/h8,11,17,20,24,26,30,32,68H,4-7,9-10,12-16,18-19,21-23,25,27-29,31,33-67H2,1-3H3/b11-8-,20-17-,26-24-,32-30-. The number of carbonyl (C=O) groups excluding carboxylic acids is 3. The highest BCUT2D eigenvalue weighted by Crippen LogP contribution is 2.18. The van der Waals surface area contributed by atoms with Crippen LogP contribution >= 0.6 is 0 Å². The smallest absolute Gasteiger partial charge is 0.306 e. The molecule has 0 rings (SSSR count). The first kappa shape index (κ1) is 74.4. The van der Waals surface area contributed by atoms with E-state index in [9.17, 15) is 14.4 Å². The Kier molecular flexibility index (Phi) is 63.6. The zero-order valence-electron chi connectivity index (χ0n) is 51.7. The molecular weight excluding hydrogens is 949 g/mol. The van der Waals surface area contributed by atoms with Crippen LogP contribution in [0.25, 0.3) is 0 Å². The third-order valence-electron chi connectivity index (χ3n) is 15.3. The zero-order valence-corrected chi connectivity index (χ0v) is 51.7. The van der Waals surface area contributed by atoms with Gasteiger partial charge in [-0.3, -0.25) is 14.4 Å². The summed E-state index contributed by atoms with van der Waals surface area (Å²) >= 11 is 0. The van der Waals surface area contributed by atoms with Gasteiger partial charge < -0.3 is 14.2 Å². The summed E-state index contributed by atoms with van der Waals surface area (Å²) in [6, 6.07) is 0. The first-order valence-corrected chi connectivity index (χ1v) is 34.1. The van der Waals surface area contributed by atoms with Crippen molar-refractivity contribution in [2.24, 2.45) is 0 Å². The minimum absolute atomic E-state index is 0.0683. The van der Waals surface area contributed by atoms with Crippen LogP contribution in [0.2, 0.25) is 0 Å². The van der Waals surface area contributed by atoms with Crippen molar-refractivity contribution in [3.05, 3.63) is 48.6 Å². The third-order valence-corrected chi connectivity index (χ3v) is 15.3. The first-order chi connectivity index (χ1) is 38.0. The van der Waals surface area contributed by atoms with Crippen LogP contribution in [-0.2, 0) is 28.6 Å². The van der Waals surface area contributed by atoms with Crippen molar-refractivity contribution < 1.29 is 28.6 Å². The Labute approximate surface area is 479 Å². The summed E-state index contributed by atoms with van der Waals surface area (Å²) in [5.41, 5.74) is 0. The molecule has 450 valence electrons. The summed E-state index contributed by atoms with van der Waals surface area (Å²) in [7, 11) is 0. The molecule has 0 bridgehead atoms. The van der Waals surface area contributed by atoms with Gasteiger partial charge in [0.25, 0.3) is 0 Å². The van der Waals surface area contributed by atoms with Gasteiger partial charge >= 0.3 is 17.9 Å². The van der Waals surface area contributed by atoms with Gasteiger partial charge in [0.1, 0.15) is 13.2 Å². The van der Waals surface area contributed by atoms with Crippen molar-refractivity contribution >= 4 is 17.9 Å². The van der Waals surface area contributed by atoms with Gasteiger partial charge in [-0.1, -0.05) is 339 Å². The summed E-state index contributed by atoms with van der Waals surface area (Å²) in [6.07, 6.45) is 83.0. The number of rotatable bonds is 63. The molecule has 0 aromatic heterocycles. The van der Waals surface area contributed by atoms with Crippen molar-refractivity contribution in [1.29, 1.82) is 0 Å². The molecule has 0 heterocycles. The number of unbranched alkanes of at least 4 members (excludes halogenated alkanes) is 44. The van der Waals surface area contributed by atoms with E-state index in [1.165, 1.54) is 244 Å². The van der Waals surface area contributed by atoms with Gasteiger partial charge in [-0.15, -0.1) is 0 Å². The average molecular weight is 1080 g/mol. The lowest BCUT2D eigenvalue weighted by atomic mass is 10.0. The lowest BCUT2D eigenvalue weighted by molar-refractivity contribution is -0.167. The maximum Gasteiger partial charge on any atom is 0.306 e. The van der Waals surface area contributed by atoms with E-state index in [2.05, 4.69) is 69.4 Å². The topological polar surface area (TPSA) is 78.9 Å². The van der Waals surface area contributed by atoms with Gasteiger partial charge in [0.2, 0.25) is 0 Å². The van der Waals surface area contributed by atoms with Crippen molar-refractivity contribution in [3.63, 3.8) is 0 Å². The minimum Gasteiger partial charge on any atom is -0.462 e. The van der Waals surface area contributed by atoms with Crippen LogP contribution in [0, 0.1) is 0 Å². The first-order valence-electron chi connectivity index (χ1n) is 34.1. The molecule has 0 radical (unpaired) electrons. The van der Waals surface area contributed by atoms with Crippen LogP contribution in [-0.4, -0.2) is 37.2 Å². The van der Waals surface area contributed by atoms with E-state index < -0.39 is 6.10 Å². The Hall–Kier alpha value is -2.63. The van der Waals surface area contributed by atoms with Gasteiger partial charge in [-0.25, -0.2) is 0 Å². The fourth-order valence-electron chi connectivity index (χ4n) is 10.3. The number of allylic oxidation sites excluding steroid dienone is 8. The Balaban J connectivity index is 4.09.